The molecule has 2 aliphatic carbocycles. The van der Waals surface area contributed by atoms with Crippen LogP contribution in [-0.4, -0.2) is 22.2 Å². The van der Waals surface area contributed by atoms with Gasteiger partial charge in [0.25, 0.3) is 0 Å². The summed E-state index contributed by atoms with van der Waals surface area (Å²) in [4.78, 5) is 20.5. The van der Waals surface area contributed by atoms with Gasteiger partial charge in [-0.15, -0.1) is 0 Å². The van der Waals surface area contributed by atoms with Crippen molar-refractivity contribution in [3.05, 3.63) is 0 Å². The number of carboxylic acids is 2. The molecule has 0 unspecified atom stereocenters. The van der Waals surface area contributed by atoms with Crippen molar-refractivity contribution < 1.29 is 19.8 Å². The molecule has 0 saturated heterocycles. The monoisotopic (exact) mass is 228 g/mol. The summed E-state index contributed by atoms with van der Waals surface area (Å²) in [5.41, 5.74) is -0.319. The largest absolute Gasteiger partial charge is 0.481 e. The van der Waals surface area contributed by atoms with Gasteiger partial charge in [-0.2, -0.15) is 0 Å². The molecule has 0 radical (unpaired) electrons. The minimum Gasteiger partial charge on any atom is -0.481 e. The Balaban J connectivity index is 0.000000165. The van der Waals surface area contributed by atoms with Gasteiger partial charge in [0.15, 0.2) is 0 Å². The van der Waals surface area contributed by atoms with E-state index >= 15 is 0 Å². The number of carboxylic acid groups (broad SMARTS) is 2. The number of aliphatic carboxylic acids is 2. The van der Waals surface area contributed by atoms with Gasteiger partial charge in [0.2, 0.25) is 0 Å². The summed E-state index contributed by atoms with van der Waals surface area (Å²) in [5.74, 6) is -1.22. The summed E-state index contributed by atoms with van der Waals surface area (Å²) in [6.45, 7) is 1.95. The van der Waals surface area contributed by atoms with Gasteiger partial charge in [-0.25, -0.2) is 0 Å². The molecular weight excluding hydrogens is 208 g/mol. The molecule has 0 spiro atoms. The van der Waals surface area contributed by atoms with Gasteiger partial charge in [-0.05, 0) is 32.1 Å². The maximum absolute atomic E-state index is 10.5. The highest BCUT2D eigenvalue weighted by molar-refractivity contribution is 5.75. The number of rotatable bonds is 3. The van der Waals surface area contributed by atoms with Crippen LogP contribution in [0.25, 0.3) is 0 Å². The van der Waals surface area contributed by atoms with Crippen molar-refractivity contribution in [2.45, 2.75) is 51.9 Å². The van der Waals surface area contributed by atoms with Gasteiger partial charge in [0.05, 0.1) is 11.3 Å². The average Bonchev–Trinajstić information content (AvgIpc) is 1.98. The smallest absolute Gasteiger partial charge is 0.309 e. The first-order chi connectivity index (χ1) is 7.52. The Bertz CT molecular complexity index is 259. The minimum absolute atomic E-state index is 0.000000000000000444. The van der Waals surface area contributed by atoms with E-state index in [0.717, 1.165) is 44.9 Å². The van der Waals surface area contributed by atoms with Crippen LogP contribution in [0.2, 0.25) is 0 Å². The van der Waals surface area contributed by atoms with Crippen LogP contribution in [0.4, 0.5) is 0 Å². The summed E-state index contributed by atoms with van der Waals surface area (Å²) < 4.78 is 0. The van der Waals surface area contributed by atoms with Crippen LogP contribution < -0.4 is 0 Å². The van der Waals surface area contributed by atoms with Crippen LogP contribution >= 0.6 is 0 Å². The van der Waals surface area contributed by atoms with Gasteiger partial charge in [-0.3, -0.25) is 9.59 Å². The molecule has 2 rings (SSSR count). The first-order valence-electron chi connectivity index (χ1n) is 5.98. The van der Waals surface area contributed by atoms with E-state index in [1.54, 1.807) is 0 Å². The Hall–Kier alpha value is -1.06. The maximum Gasteiger partial charge on any atom is 0.309 e. The van der Waals surface area contributed by atoms with Crippen LogP contribution in [0.1, 0.15) is 51.9 Å². The second kappa shape index (κ2) is 5.32. The molecule has 0 heterocycles. The lowest BCUT2D eigenvalue weighted by Gasteiger charge is -2.36. The highest BCUT2D eigenvalue weighted by Crippen LogP contribution is 2.43. The van der Waals surface area contributed by atoms with Crippen LogP contribution in [0.5, 0.6) is 0 Å². The van der Waals surface area contributed by atoms with Crippen molar-refractivity contribution in [1.29, 1.82) is 0 Å². The fraction of sp³-hybridized carbons (Fsp3) is 0.833. The summed E-state index contributed by atoms with van der Waals surface area (Å²) in [5, 5.41) is 16.9. The number of carbonyl (C=O) groups is 2. The van der Waals surface area contributed by atoms with E-state index in [-0.39, 0.29) is 11.3 Å². The number of hydrogen-bond acceptors (Lipinski definition) is 2. The molecule has 0 aromatic carbocycles. The molecule has 0 aromatic rings. The first-order valence-corrected chi connectivity index (χ1v) is 5.98. The highest BCUT2D eigenvalue weighted by atomic mass is 16.4. The fourth-order valence-electron chi connectivity index (χ4n) is 1.98. The van der Waals surface area contributed by atoms with Gasteiger partial charge in [0, 0.05) is 0 Å². The Kier molecular flexibility index (Phi) is 4.33. The first kappa shape index (κ1) is 13.0. The summed E-state index contributed by atoms with van der Waals surface area (Å²) in [6.07, 6.45) is 6.57. The average molecular weight is 228 g/mol. The maximum atomic E-state index is 10.5. The third kappa shape index (κ3) is 2.74. The molecule has 0 aliphatic heterocycles. The van der Waals surface area contributed by atoms with Crippen molar-refractivity contribution in [2.24, 2.45) is 11.3 Å². The standard InChI is InChI=1S/C7H12O2.C5H8O2/c1-2-7(6(8)9)4-3-5-7;6-5(7)4-2-1-3-4/h2-5H2,1H3,(H,8,9);4H,1-3H2,(H,6,7). The van der Waals surface area contributed by atoms with Gasteiger partial charge in [-0.1, -0.05) is 19.8 Å². The molecule has 0 atom stereocenters. The van der Waals surface area contributed by atoms with E-state index < -0.39 is 11.9 Å². The third-order valence-electron chi connectivity index (χ3n) is 3.90. The van der Waals surface area contributed by atoms with Crippen molar-refractivity contribution >= 4 is 11.9 Å². The molecule has 2 fully saturated rings. The quantitative estimate of drug-likeness (QED) is 0.778. The van der Waals surface area contributed by atoms with Gasteiger partial charge in [0.1, 0.15) is 0 Å². The Morgan fingerprint density at radius 1 is 1.19 bits per heavy atom. The lowest BCUT2D eigenvalue weighted by molar-refractivity contribution is -0.154. The van der Waals surface area contributed by atoms with E-state index in [0.29, 0.717) is 0 Å². The molecule has 0 aromatic heterocycles. The molecule has 2 aliphatic rings. The molecule has 4 nitrogen and oxygen atoms in total. The lowest BCUT2D eigenvalue weighted by atomic mass is 9.67. The molecule has 0 bridgehead atoms. The van der Waals surface area contributed by atoms with Crippen LogP contribution in [0.3, 0.4) is 0 Å². The van der Waals surface area contributed by atoms with E-state index in [4.69, 9.17) is 10.2 Å². The van der Waals surface area contributed by atoms with Crippen LogP contribution in [0.15, 0.2) is 0 Å². The van der Waals surface area contributed by atoms with Crippen molar-refractivity contribution in [3.8, 4) is 0 Å². The van der Waals surface area contributed by atoms with E-state index in [1.807, 2.05) is 6.92 Å². The zero-order chi connectivity index (χ0) is 12.2. The van der Waals surface area contributed by atoms with E-state index in [9.17, 15) is 9.59 Å². The SMILES string of the molecule is CCC1(C(=O)O)CCC1.O=C(O)C1CCC1. The summed E-state index contributed by atoms with van der Waals surface area (Å²) in [6, 6.07) is 0. The van der Waals surface area contributed by atoms with Gasteiger partial charge >= 0.3 is 11.9 Å². The van der Waals surface area contributed by atoms with E-state index in [2.05, 4.69) is 0 Å². The third-order valence-corrected chi connectivity index (χ3v) is 3.90. The Morgan fingerprint density at radius 2 is 1.75 bits per heavy atom. The van der Waals surface area contributed by atoms with Crippen molar-refractivity contribution in [1.82, 2.24) is 0 Å². The second-order valence-electron chi connectivity index (χ2n) is 4.76. The normalized spacial score (nSPS) is 22.1. The minimum atomic E-state index is -0.619. The molecule has 0 amide bonds. The van der Waals surface area contributed by atoms with Crippen LogP contribution in [0, 0.1) is 11.3 Å². The molecule has 4 heteroatoms. The van der Waals surface area contributed by atoms with Crippen molar-refractivity contribution in [3.63, 3.8) is 0 Å². The fourth-order valence-corrected chi connectivity index (χ4v) is 1.98. The zero-order valence-electron chi connectivity index (χ0n) is 9.74. The zero-order valence-corrected chi connectivity index (χ0v) is 9.74. The Morgan fingerprint density at radius 3 is 1.75 bits per heavy atom. The van der Waals surface area contributed by atoms with Crippen LogP contribution in [-0.2, 0) is 9.59 Å². The van der Waals surface area contributed by atoms with E-state index in [1.165, 1.54) is 0 Å². The summed E-state index contributed by atoms with van der Waals surface area (Å²) >= 11 is 0. The molecular formula is C12H20O4. The van der Waals surface area contributed by atoms with Crippen molar-refractivity contribution in [2.75, 3.05) is 0 Å². The molecule has 2 saturated carbocycles. The molecule has 16 heavy (non-hydrogen) atoms. The predicted octanol–water partition coefficient (Wildman–Crippen LogP) is 2.52. The topological polar surface area (TPSA) is 74.6 Å². The van der Waals surface area contributed by atoms with Gasteiger partial charge < -0.3 is 10.2 Å². The lowest BCUT2D eigenvalue weighted by Crippen LogP contribution is -2.36. The number of hydrogen-bond donors (Lipinski definition) is 2. The molecule has 2 N–H and O–H groups in total. The Labute approximate surface area is 95.7 Å². The second-order valence-corrected chi connectivity index (χ2v) is 4.76. The highest BCUT2D eigenvalue weighted by Gasteiger charge is 2.42. The molecule has 92 valence electrons. The summed E-state index contributed by atoms with van der Waals surface area (Å²) in [7, 11) is 0. The predicted molar refractivity (Wildman–Crippen MR) is 59.2 cm³/mol.